The van der Waals surface area contributed by atoms with E-state index in [0.29, 0.717) is 0 Å². The van der Waals surface area contributed by atoms with Crippen LogP contribution in [0.15, 0.2) is 6.20 Å². The average molecular weight is 153 g/mol. The molecule has 11 heavy (non-hydrogen) atoms. The fourth-order valence-corrected chi connectivity index (χ4v) is 1.20. The van der Waals surface area contributed by atoms with Gasteiger partial charge in [-0.15, -0.1) is 0 Å². The van der Waals surface area contributed by atoms with Crippen LogP contribution < -0.4 is 5.73 Å². The van der Waals surface area contributed by atoms with E-state index in [4.69, 9.17) is 5.73 Å². The van der Waals surface area contributed by atoms with Gasteiger partial charge in [0.25, 0.3) is 0 Å². The molecule has 1 atom stereocenters. The van der Waals surface area contributed by atoms with Gasteiger partial charge >= 0.3 is 0 Å². The van der Waals surface area contributed by atoms with Gasteiger partial charge in [-0.2, -0.15) is 5.10 Å². The van der Waals surface area contributed by atoms with Gasteiger partial charge in [-0.1, -0.05) is 0 Å². The quantitative estimate of drug-likeness (QED) is 0.676. The van der Waals surface area contributed by atoms with Gasteiger partial charge in [0.15, 0.2) is 0 Å². The summed E-state index contributed by atoms with van der Waals surface area (Å²) in [4.78, 5) is 0. The summed E-state index contributed by atoms with van der Waals surface area (Å²) in [5.41, 5.74) is 8.01. The highest BCUT2D eigenvalue weighted by atomic mass is 15.2. The first kappa shape index (κ1) is 8.27. The number of aromatic nitrogens is 2. The molecule has 0 aliphatic heterocycles. The Balaban J connectivity index is 2.77. The molecule has 1 aromatic rings. The van der Waals surface area contributed by atoms with Gasteiger partial charge in [-0.3, -0.25) is 4.68 Å². The molecule has 1 aromatic heterocycles. The molecule has 0 radical (unpaired) electrons. The summed E-state index contributed by atoms with van der Waals surface area (Å²) in [5, 5.41) is 4.23. The average Bonchev–Trinajstić information content (AvgIpc) is 2.09. The van der Waals surface area contributed by atoms with Gasteiger partial charge in [0, 0.05) is 19.3 Å². The molecular weight excluding hydrogens is 138 g/mol. The second kappa shape index (κ2) is 3.05. The van der Waals surface area contributed by atoms with Crippen molar-refractivity contribution in [3.05, 3.63) is 17.5 Å². The zero-order chi connectivity index (χ0) is 8.43. The summed E-state index contributed by atoms with van der Waals surface area (Å²) in [6.45, 7) is 4.02. The number of aryl methyl sites for hydroxylation is 2. The maximum Gasteiger partial charge on any atom is 0.0626 e. The third-order valence-corrected chi connectivity index (χ3v) is 1.66. The maximum absolute atomic E-state index is 5.67. The zero-order valence-electron chi connectivity index (χ0n) is 7.33. The Morgan fingerprint density at radius 1 is 1.73 bits per heavy atom. The van der Waals surface area contributed by atoms with Crippen LogP contribution in [-0.4, -0.2) is 15.8 Å². The van der Waals surface area contributed by atoms with Crippen molar-refractivity contribution in [3.8, 4) is 0 Å². The molecule has 0 aliphatic rings. The second-order valence-electron chi connectivity index (χ2n) is 3.09. The number of nitrogens with zero attached hydrogens (tertiary/aromatic N) is 2. The highest BCUT2D eigenvalue weighted by Gasteiger charge is 2.04. The summed E-state index contributed by atoms with van der Waals surface area (Å²) in [6.07, 6.45) is 2.94. The predicted molar refractivity (Wildman–Crippen MR) is 45.3 cm³/mol. The molecule has 1 rings (SSSR count). The minimum absolute atomic E-state index is 0.220. The molecule has 0 bridgehead atoms. The standard InChI is InChI=1S/C8H15N3/c1-6(9)4-8-5-11(3)10-7(8)2/h5-6H,4,9H2,1-3H3/t6-/m1/s1. The molecule has 0 saturated heterocycles. The fraction of sp³-hybridized carbons (Fsp3) is 0.625. The van der Waals surface area contributed by atoms with Crippen LogP contribution in [0.25, 0.3) is 0 Å². The predicted octanol–water partition coefficient (Wildman–Crippen LogP) is 0.618. The Kier molecular flexibility index (Phi) is 2.29. The number of hydrogen-bond donors (Lipinski definition) is 1. The van der Waals surface area contributed by atoms with Crippen molar-refractivity contribution >= 4 is 0 Å². The van der Waals surface area contributed by atoms with Gasteiger partial charge in [0.05, 0.1) is 5.69 Å². The van der Waals surface area contributed by atoms with E-state index in [1.807, 2.05) is 31.8 Å². The smallest absolute Gasteiger partial charge is 0.0626 e. The van der Waals surface area contributed by atoms with Crippen LogP contribution in [0.3, 0.4) is 0 Å². The Morgan fingerprint density at radius 2 is 2.36 bits per heavy atom. The summed E-state index contributed by atoms with van der Waals surface area (Å²) >= 11 is 0. The molecule has 0 aromatic carbocycles. The lowest BCUT2D eigenvalue weighted by atomic mass is 10.1. The summed E-state index contributed by atoms with van der Waals surface area (Å²) in [7, 11) is 1.93. The van der Waals surface area contributed by atoms with Crippen LogP contribution in [0.5, 0.6) is 0 Å². The molecule has 0 spiro atoms. The largest absolute Gasteiger partial charge is 0.328 e. The van der Waals surface area contributed by atoms with Crippen molar-refractivity contribution in [2.45, 2.75) is 26.3 Å². The minimum atomic E-state index is 0.220. The van der Waals surface area contributed by atoms with E-state index in [9.17, 15) is 0 Å². The molecular formula is C8H15N3. The molecule has 62 valence electrons. The second-order valence-corrected chi connectivity index (χ2v) is 3.09. The molecule has 0 amide bonds. The molecule has 0 saturated carbocycles. The minimum Gasteiger partial charge on any atom is -0.328 e. The molecule has 0 unspecified atom stereocenters. The first-order chi connectivity index (χ1) is 5.09. The highest BCUT2D eigenvalue weighted by Crippen LogP contribution is 2.06. The lowest BCUT2D eigenvalue weighted by molar-refractivity contribution is 0.733. The van der Waals surface area contributed by atoms with Crippen molar-refractivity contribution in [1.82, 2.24) is 9.78 Å². The topological polar surface area (TPSA) is 43.8 Å². The molecule has 0 aliphatic carbocycles. The Bertz CT molecular complexity index is 237. The SMILES string of the molecule is Cc1nn(C)cc1C[C@@H](C)N. The first-order valence-corrected chi connectivity index (χ1v) is 3.84. The Morgan fingerprint density at radius 3 is 2.73 bits per heavy atom. The van der Waals surface area contributed by atoms with Crippen molar-refractivity contribution < 1.29 is 0 Å². The van der Waals surface area contributed by atoms with Crippen molar-refractivity contribution in [2.75, 3.05) is 0 Å². The van der Waals surface area contributed by atoms with E-state index in [1.165, 1.54) is 5.56 Å². The molecule has 2 N–H and O–H groups in total. The van der Waals surface area contributed by atoms with Crippen LogP contribution >= 0.6 is 0 Å². The number of rotatable bonds is 2. The van der Waals surface area contributed by atoms with Crippen LogP contribution in [0.2, 0.25) is 0 Å². The van der Waals surface area contributed by atoms with Gasteiger partial charge in [-0.25, -0.2) is 0 Å². The van der Waals surface area contributed by atoms with Gasteiger partial charge in [-0.05, 0) is 25.8 Å². The van der Waals surface area contributed by atoms with Crippen LogP contribution in [-0.2, 0) is 13.5 Å². The van der Waals surface area contributed by atoms with Gasteiger partial charge in [0.1, 0.15) is 0 Å². The molecule has 3 heteroatoms. The Labute approximate surface area is 67.2 Å². The Hall–Kier alpha value is -0.830. The third-order valence-electron chi connectivity index (χ3n) is 1.66. The maximum atomic E-state index is 5.67. The molecule has 1 heterocycles. The summed E-state index contributed by atoms with van der Waals surface area (Å²) in [6, 6.07) is 0.220. The van der Waals surface area contributed by atoms with Crippen LogP contribution in [0.1, 0.15) is 18.2 Å². The number of nitrogens with two attached hydrogens (primary N) is 1. The van der Waals surface area contributed by atoms with E-state index in [-0.39, 0.29) is 6.04 Å². The lowest BCUT2D eigenvalue weighted by Crippen LogP contribution is -2.17. The summed E-state index contributed by atoms with van der Waals surface area (Å²) in [5.74, 6) is 0. The van der Waals surface area contributed by atoms with E-state index >= 15 is 0 Å². The third kappa shape index (κ3) is 2.05. The number of hydrogen-bond acceptors (Lipinski definition) is 2. The highest BCUT2D eigenvalue weighted by molar-refractivity contribution is 5.16. The normalized spacial score (nSPS) is 13.5. The van der Waals surface area contributed by atoms with Crippen molar-refractivity contribution in [2.24, 2.45) is 12.8 Å². The monoisotopic (exact) mass is 153 g/mol. The van der Waals surface area contributed by atoms with Crippen molar-refractivity contribution in [1.29, 1.82) is 0 Å². The molecule has 3 nitrogen and oxygen atoms in total. The van der Waals surface area contributed by atoms with E-state index < -0.39 is 0 Å². The molecule has 0 fully saturated rings. The zero-order valence-corrected chi connectivity index (χ0v) is 7.33. The fourth-order valence-electron chi connectivity index (χ4n) is 1.20. The van der Waals surface area contributed by atoms with Crippen molar-refractivity contribution in [3.63, 3.8) is 0 Å². The van der Waals surface area contributed by atoms with E-state index in [1.54, 1.807) is 0 Å². The van der Waals surface area contributed by atoms with Gasteiger partial charge < -0.3 is 5.73 Å². The first-order valence-electron chi connectivity index (χ1n) is 3.84. The van der Waals surface area contributed by atoms with Crippen LogP contribution in [0.4, 0.5) is 0 Å². The van der Waals surface area contributed by atoms with Crippen LogP contribution in [0, 0.1) is 6.92 Å². The van der Waals surface area contributed by atoms with E-state index in [2.05, 4.69) is 5.10 Å². The lowest BCUT2D eigenvalue weighted by Gasteiger charge is -2.01. The summed E-state index contributed by atoms with van der Waals surface area (Å²) < 4.78 is 1.83. The van der Waals surface area contributed by atoms with Gasteiger partial charge in [0.2, 0.25) is 0 Å². The van der Waals surface area contributed by atoms with E-state index in [0.717, 1.165) is 12.1 Å².